The lowest BCUT2D eigenvalue weighted by molar-refractivity contribution is -0.136. The first-order valence-electron chi connectivity index (χ1n) is 4.26. The standard InChI is InChI=1S/C10H11BrO3/c1-2-6-4-9(12)7(3-8(6)11)5-10(13)14/h3-4,12H,2,5H2,1H3,(H,13,14). The first kappa shape index (κ1) is 11.0. The fourth-order valence-corrected chi connectivity index (χ4v) is 1.89. The van der Waals surface area contributed by atoms with E-state index in [2.05, 4.69) is 15.9 Å². The third-order valence-corrected chi connectivity index (χ3v) is 2.71. The quantitative estimate of drug-likeness (QED) is 0.875. The van der Waals surface area contributed by atoms with Gasteiger partial charge in [-0.15, -0.1) is 0 Å². The second-order valence-corrected chi connectivity index (χ2v) is 3.85. The van der Waals surface area contributed by atoms with E-state index in [1.54, 1.807) is 12.1 Å². The maximum atomic E-state index is 10.5. The highest BCUT2D eigenvalue weighted by Gasteiger charge is 2.09. The van der Waals surface area contributed by atoms with Gasteiger partial charge in [0.25, 0.3) is 0 Å². The Kier molecular flexibility index (Phi) is 3.52. The average molecular weight is 259 g/mol. The SMILES string of the molecule is CCc1cc(O)c(CC(=O)O)cc1Br. The van der Waals surface area contributed by atoms with Crippen molar-refractivity contribution in [2.24, 2.45) is 0 Å². The van der Waals surface area contributed by atoms with Gasteiger partial charge in [0.05, 0.1) is 6.42 Å². The minimum Gasteiger partial charge on any atom is -0.508 e. The topological polar surface area (TPSA) is 57.5 Å². The molecule has 3 nitrogen and oxygen atoms in total. The molecule has 0 amide bonds. The molecule has 0 aliphatic carbocycles. The molecule has 4 heteroatoms. The molecule has 0 saturated carbocycles. The summed E-state index contributed by atoms with van der Waals surface area (Å²) < 4.78 is 0.842. The number of hydrogen-bond donors (Lipinski definition) is 2. The Morgan fingerprint density at radius 2 is 2.07 bits per heavy atom. The molecule has 0 aliphatic rings. The van der Waals surface area contributed by atoms with Crippen LogP contribution in [0.4, 0.5) is 0 Å². The molecule has 1 aromatic rings. The van der Waals surface area contributed by atoms with Gasteiger partial charge in [-0.1, -0.05) is 22.9 Å². The summed E-state index contributed by atoms with van der Waals surface area (Å²) in [6.45, 7) is 1.97. The molecule has 0 fully saturated rings. The number of aromatic hydroxyl groups is 1. The fourth-order valence-electron chi connectivity index (χ4n) is 1.22. The summed E-state index contributed by atoms with van der Waals surface area (Å²) in [6.07, 6.45) is 0.635. The number of carbonyl (C=O) groups is 1. The van der Waals surface area contributed by atoms with Crippen LogP contribution >= 0.6 is 15.9 Å². The molecule has 0 spiro atoms. The zero-order valence-corrected chi connectivity index (χ0v) is 9.34. The number of phenols is 1. The molecule has 0 aliphatic heterocycles. The van der Waals surface area contributed by atoms with E-state index in [1.807, 2.05) is 6.92 Å². The zero-order chi connectivity index (χ0) is 10.7. The van der Waals surface area contributed by atoms with Gasteiger partial charge < -0.3 is 10.2 Å². The van der Waals surface area contributed by atoms with Crippen molar-refractivity contribution in [2.75, 3.05) is 0 Å². The predicted octanol–water partition coefficient (Wildman–Crippen LogP) is 2.34. The van der Waals surface area contributed by atoms with Crippen LogP contribution in [0.3, 0.4) is 0 Å². The molecule has 2 N–H and O–H groups in total. The van der Waals surface area contributed by atoms with Crippen molar-refractivity contribution in [1.82, 2.24) is 0 Å². The van der Waals surface area contributed by atoms with Crippen molar-refractivity contribution in [3.8, 4) is 5.75 Å². The van der Waals surface area contributed by atoms with Gasteiger partial charge in [-0.3, -0.25) is 4.79 Å². The summed E-state index contributed by atoms with van der Waals surface area (Å²) in [6, 6.07) is 3.25. The largest absolute Gasteiger partial charge is 0.508 e. The molecule has 0 heterocycles. The molecule has 0 bridgehead atoms. The second kappa shape index (κ2) is 4.46. The molecule has 76 valence electrons. The maximum absolute atomic E-state index is 10.5. The molecule has 14 heavy (non-hydrogen) atoms. The highest BCUT2D eigenvalue weighted by atomic mass is 79.9. The molecule has 0 aromatic heterocycles. The van der Waals surface area contributed by atoms with Crippen LogP contribution in [0, 0.1) is 0 Å². The van der Waals surface area contributed by atoms with E-state index in [4.69, 9.17) is 5.11 Å². The van der Waals surface area contributed by atoms with Crippen LogP contribution in [0.1, 0.15) is 18.1 Å². The molecule has 1 rings (SSSR count). The van der Waals surface area contributed by atoms with Gasteiger partial charge >= 0.3 is 5.97 Å². The number of halogens is 1. The van der Waals surface area contributed by atoms with E-state index in [0.717, 1.165) is 16.5 Å². The second-order valence-electron chi connectivity index (χ2n) is 3.00. The first-order valence-corrected chi connectivity index (χ1v) is 5.06. The van der Waals surface area contributed by atoms with Gasteiger partial charge in [0.2, 0.25) is 0 Å². The monoisotopic (exact) mass is 258 g/mol. The number of hydrogen-bond acceptors (Lipinski definition) is 2. The Bertz CT molecular complexity index is 361. The zero-order valence-electron chi connectivity index (χ0n) is 7.75. The minimum atomic E-state index is -0.948. The van der Waals surface area contributed by atoms with Crippen molar-refractivity contribution in [3.05, 3.63) is 27.7 Å². The highest BCUT2D eigenvalue weighted by molar-refractivity contribution is 9.10. The molecule has 0 unspecified atom stereocenters. The Morgan fingerprint density at radius 3 is 2.57 bits per heavy atom. The van der Waals surface area contributed by atoms with Crippen molar-refractivity contribution >= 4 is 21.9 Å². The minimum absolute atomic E-state index is 0.0486. The number of carboxylic acids is 1. The van der Waals surface area contributed by atoms with E-state index in [-0.39, 0.29) is 12.2 Å². The summed E-state index contributed by atoms with van der Waals surface area (Å²) in [5.74, 6) is -0.899. The lowest BCUT2D eigenvalue weighted by Crippen LogP contribution is -2.01. The van der Waals surface area contributed by atoms with Crippen LogP contribution in [0.25, 0.3) is 0 Å². The Balaban J connectivity index is 3.08. The van der Waals surface area contributed by atoms with Crippen LogP contribution in [0.15, 0.2) is 16.6 Å². The van der Waals surface area contributed by atoms with E-state index >= 15 is 0 Å². The highest BCUT2D eigenvalue weighted by Crippen LogP contribution is 2.27. The third-order valence-electron chi connectivity index (χ3n) is 1.97. The Morgan fingerprint density at radius 1 is 1.43 bits per heavy atom. The molecule has 1 aromatic carbocycles. The van der Waals surface area contributed by atoms with Crippen LogP contribution < -0.4 is 0 Å². The van der Waals surface area contributed by atoms with E-state index in [0.29, 0.717) is 5.56 Å². The van der Waals surface area contributed by atoms with Gasteiger partial charge in [0.1, 0.15) is 5.75 Å². The van der Waals surface area contributed by atoms with Crippen LogP contribution in [-0.4, -0.2) is 16.2 Å². The normalized spacial score (nSPS) is 10.1. The number of aliphatic carboxylic acids is 1. The lowest BCUT2D eigenvalue weighted by Gasteiger charge is -2.06. The summed E-state index contributed by atoms with van der Waals surface area (Å²) in [5.41, 5.74) is 1.40. The summed E-state index contributed by atoms with van der Waals surface area (Å²) in [4.78, 5) is 10.5. The average Bonchev–Trinajstić information content (AvgIpc) is 2.10. The van der Waals surface area contributed by atoms with Crippen LogP contribution in [0.2, 0.25) is 0 Å². The number of phenolic OH excluding ortho intramolecular Hbond substituents is 1. The van der Waals surface area contributed by atoms with Gasteiger partial charge in [-0.05, 0) is 24.1 Å². The smallest absolute Gasteiger partial charge is 0.307 e. The number of rotatable bonds is 3. The van der Waals surface area contributed by atoms with Crippen molar-refractivity contribution in [2.45, 2.75) is 19.8 Å². The van der Waals surface area contributed by atoms with Crippen molar-refractivity contribution < 1.29 is 15.0 Å². The Labute approximate surface area is 90.5 Å². The summed E-state index contributed by atoms with van der Waals surface area (Å²) >= 11 is 3.33. The molecule has 0 saturated heterocycles. The van der Waals surface area contributed by atoms with E-state index < -0.39 is 5.97 Å². The van der Waals surface area contributed by atoms with E-state index in [9.17, 15) is 9.90 Å². The van der Waals surface area contributed by atoms with Gasteiger partial charge in [-0.25, -0.2) is 0 Å². The van der Waals surface area contributed by atoms with Crippen molar-refractivity contribution in [1.29, 1.82) is 0 Å². The van der Waals surface area contributed by atoms with Crippen LogP contribution in [-0.2, 0) is 17.6 Å². The molecule has 0 radical (unpaired) electrons. The first-order chi connectivity index (χ1) is 6.54. The van der Waals surface area contributed by atoms with E-state index in [1.165, 1.54) is 0 Å². The lowest BCUT2D eigenvalue weighted by atomic mass is 10.1. The van der Waals surface area contributed by atoms with Crippen molar-refractivity contribution in [3.63, 3.8) is 0 Å². The maximum Gasteiger partial charge on any atom is 0.307 e. The number of benzene rings is 1. The molecule has 0 atom stereocenters. The summed E-state index contributed by atoms with van der Waals surface area (Å²) in [7, 11) is 0. The number of aryl methyl sites for hydroxylation is 1. The predicted molar refractivity (Wildman–Crippen MR) is 56.5 cm³/mol. The fraction of sp³-hybridized carbons (Fsp3) is 0.300. The van der Waals surface area contributed by atoms with Gasteiger partial charge in [-0.2, -0.15) is 0 Å². The van der Waals surface area contributed by atoms with Crippen LogP contribution in [0.5, 0.6) is 5.75 Å². The van der Waals surface area contributed by atoms with Gasteiger partial charge in [0.15, 0.2) is 0 Å². The molecular formula is C10H11BrO3. The molecular weight excluding hydrogens is 248 g/mol. The third kappa shape index (κ3) is 2.48. The Hall–Kier alpha value is -1.03. The van der Waals surface area contributed by atoms with Gasteiger partial charge in [0, 0.05) is 10.0 Å². The number of carboxylic acid groups (broad SMARTS) is 1. The summed E-state index contributed by atoms with van der Waals surface area (Å²) in [5, 5.41) is 18.1.